The molecule has 0 atom stereocenters. The van der Waals surface area contributed by atoms with Gasteiger partial charge in [0.1, 0.15) is 5.78 Å². The van der Waals surface area contributed by atoms with Gasteiger partial charge < -0.3 is 4.74 Å². The topological polar surface area (TPSA) is 26.3 Å². The molecule has 0 saturated carbocycles. The molecule has 0 saturated heterocycles. The fraction of sp³-hybridized carbons (Fsp3) is 0.833. The molecule has 0 heterocycles. The molecule has 2 heteroatoms. The Morgan fingerprint density at radius 2 is 2.25 bits per heavy atom. The van der Waals surface area contributed by atoms with E-state index in [-0.39, 0.29) is 5.78 Å². The van der Waals surface area contributed by atoms with E-state index in [9.17, 15) is 4.79 Å². The molecule has 0 amide bonds. The fourth-order valence-electron chi connectivity index (χ4n) is 0.360. The molecule has 0 aliphatic rings. The van der Waals surface area contributed by atoms with Gasteiger partial charge in [0.2, 0.25) is 0 Å². The van der Waals surface area contributed by atoms with Gasteiger partial charge in [0.25, 0.3) is 0 Å². The second-order valence-electron chi connectivity index (χ2n) is 1.65. The van der Waals surface area contributed by atoms with Crippen LogP contribution in [0, 0.1) is 0 Å². The Balaban J connectivity index is 2.82. The monoisotopic (exact) mass is 116 g/mol. The average Bonchev–Trinajstić information content (AvgIpc) is 1.66. The highest BCUT2D eigenvalue weighted by Crippen LogP contribution is 1.82. The highest BCUT2D eigenvalue weighted by molar-refractivity contribution is 5.75. The second kappa shape index (κ2) is 4.78. The zero-order chi connectivity index (χ0) is 6.41. The van der Waals surface area contributed by atoms with E-state index in [0.717, 1.165) is 0 Å². The number of rotatable bonds is 4. The number of hydrogen-bond acceptors (Lipinski definition) is 2. The normalized spacial score (nSPS) is 9.25. The minimum atomic E-state index is 0.193. The van der Waals surface area contributed by atoms with E-state index in [1.807, 2.05) is 6.92 Å². The molecule has 0 aliphatic carbocycles. The Bertz CT molecular complexity index is 68.9. The first kappa shape index (κ1) is 7.63. The average molecular weight is 116 g/mol. The zero-order valence-corrected chi connectivity index (χ0v) is 5.44. The molecule has 0 aromatic rings. The van der Waals surface area contributed by atoms with E-state index in [1.165, 1.54) is 0 Å². The van der Waals surface area contributed by atoms with Gasteiger partial charge in [0, 0.05) is 13.0 Å². The minimum absolute atomic E-state index is 0.193. The molecule has 0 aliphatic heterocycles. The molecular weight excluding hydrogens is 104 g/mol. The van der Waals surface area contributed by atoms with Crippen molar-refractivity contribution in [3.63, 3.8) is 0 Å². The van der Waals surface area contributed by atoms with Crippen LogP contribution in [-0.4, -0.2) is 19.0 Å². The smallest absolute Gasteiger partial charge is 0.132 e. The molecule has 0 aromatic carbocycles. The number of ketones is 1. The Hall–Kier alpha value is -0.370. The molecule has 0 N–H and O–H groups in total. The standard InChI is InChI=1S/C6H12O2/c1-3-8-5-4-6(2)7/h3-5H2,1-2H3. The Kier molecular flexibility index (Phi) is 4.56. The summed E-state index contributed by atoms with van der Waals surface area (Å²) >= 11 is 0. The third-order valence-corrected chi connectivity index (χ3v) is 0.803. The number of Topliss-reactive ketones (excluding diaryl/α,β-unsaturated/α-hetero) is 1. The van der Waals surface area contributed by atoms with E-state index in [0.29, 0.717) is 19.6 Å². The van der Waals surface area contributed by atoms with E-state index >= 15 is 0 Å². The van der Waals surface area contributed by atoms with Crippen LogP contribution in [0.2, 0.25) is 0 Å². The molecule has 0 spiro atoms. The SMILES string of the molecule is CCOCCC(C)=O. The summed E-state index contributed by atoms with van der Waals surface area (Å²) in [5.74, 6) is 0.193. The quantitative estimate of drug-likeness (QED) is 0.512. The van der Waals surface area contributed by atoms with Crippen molar-refractivity contribution in [1.29, 1.82) is 0 Å². The van der Waals surface area contributed by atoms with E-state index in [4.69, 9.17) is 4.74 Å². The van der Waals surface area contributed by atoms with Crippen molar-refractivity contribution in [1.82, 2.24) is 0 Å². The van der Waals surface area contributed by atoms with Gasteiger partial charge in [-0.1, -0.05) is 0 Å². The van der Waals surface area contributed by atoms with Gasteiger partial charge in [-0.3, -0.25) is 4.79 Å². The highest BCUT2D eigenvalue weighted by Gasteiger charge is 1.89. The van der Waals surface area contributed by atoms with Crippen molar-refractivity contribution in [2.45, 2.75) is 20.3 Å². The van der Waals surface area contributed by atoms with E-state index < -0.39 is 0 Å². The number of carbonyl (C=O) groups is 1. The summed E-state index contributed by atoms with van der Waals surface area (Å²) in [4.78, 5) is 10.2. The first-order valence-electron chi connectivity index (χ1n) is 2.84. The molecule has 0 radical (unpaired) electrons. The van der Waals surface area contributed by atoms with Crippen molar-refractivity contribution < 1.29 is 9.53 Å². The maximum absolute atomic E-state index is 10.2. The Morgan fingerprint density at radius 1 is 1.62 bits per heavy atom. The van der Waals surface area contributed by atoms with Crippen LogP contribution in [0.15, 0.2) is 0 Å². The third-order valence-electron chi connectivity index (χ3n) is 0.803. The predicted molar refractivity (Wildman–Crippen MR) is 31.8 cm³/mol. The summed E-state index contributed by atoms with van der Waals surface area (Å²) in [6.45, 7) is 4.76. The summed E-state index contributed by atoms with van der Waals surface area (Å²) in [5, 5.41) is 0. The van der Waals surface area contributed by atoms with Crippen molar-refractivity contribution in [2.24, 2.45) is 0 Å². The summed E-state index contributed by atoms with van der Waals surface area (Å²) in [6, 6.07) is 0. The van der Waals surface area contributed by atoms with Gasteiger partial charge >= 0.3 is 0 Å². The maximum Gasteiger partial charge on any atom is 0.132 e. The predicted octanol–water partition coefficient (Wildman–Crippen LogP) is 1.00. The molecule has 48 valence electrons. The molecule has 0 unspecified atom stereocenters. The summed E-state index contributed by atoms with van der Waals surface area (Å²) < 4.78 is 4.92. The Morgan fingerprint density at radius 3 is 2.62 bits per heavy atom. The van der Waals surface area contributed by atoms with Crippen LogP contribution in [0.4, 0.5) is 0 Å². The third kappa shape index (κ3) is 5.63. The van der Waals surface area contributed by atoms with Crippen molar-refractivity contribution in [2.75, 3.05) is 13.2 Å². The van der Waals surface area contributed by atoms with Crippen LogP contribution in [0.1, 0.15) is 20.3 Å². The van der Waals surface area contributed by atoms with Gasteiger partial charge in [-0.25, -0.2) is 0 Å². The number of hydrogen-bond donors (Lipinski definition) is 0. The van der Waals surface area contributed by atoms with Gasteiger partial charge in [-0.05, 0) is 13.8 Å². The van der Waals surface area contributed by atoms with Crippen molar-refractivity contribution in [3.05, 3.63) is 0 Å². The van der Waals surface area contributed by atoms with Crippen molar-refractivity contribution in [3.8, 4) is 0 Å². The van der Waals surface area contributed by atoms with Gasteiger partial charge in [0.15, 0.2) is 0 Å². The Labute approximate surface area is 49.8 Å². The minimum Gasteiger partial charge on any atom is -0.381 e. The molecule has 0 rings (SSSR count). The largest absolute Gasteiger partial charge is 0.381 e. The lowest BCUT2D eigenvalue weighted by atomic mass is 10.3. The van der Waals surface area contributed by atoms with Crippen LogP contribution in [0.5, 0.6) is 0 Å². The molecule has 0 bridgehead atoms. The lowest BCUT2D eigenvalue weighted by molar-refractivity contribution is -0.118. The lowest BCUT2D eigenvalue weighted by Gasteiger charge is -1.94. The number of ether oxygens (including phenoxy) is 1. The van der Waals surface area contributed by atoms with E-state index in [2.05, 4.69) is 0 Å². The van der Waals surface area contributed by atoms with Crippen LogP contribution in [-0.2, 0) is 9.53 Å². The summed E-state index contributed by atoms with van der Waals surface area (Å²) in [7, 11) is 0. The van der Waals surface area contributed by atoms with Crippen LogP contribution >= 0.6 is 0 Å². The van der Waals surface area contributed by atoms with Gasteiger partial charge in [-0.2, -0.15) is 0 Å². The van der Waals surface area contributed by atoms with E-state index in [1.54, 1.807) is 6.92 Å². The first-order chi connectivity index (χ1) is 3.77. The summed E-state index contributed by atoms with van der Waals surface area (Å²) in [5.41, 5.74) is 0. The number of carbonyl (C=O) groups excluding carboxylic acids is 1. The van der Waals surface area contributed by atoms with Gasteiger partial charge in [-0.15, -0.1) is 0 Å². The second-order valence-corrected chi connectivity index (χ2v) is 1.65. The van der Waals surface area contributed by atoms with Gasteiger partial charge in [0.05, 0.1) is 6.61 Å². The fourth-order valence-corrected chi connectivity index (χ4v) is 0.360. The molecule has 0 fully saturated rings. The van der Waals surface area contributed by atoms with Crippen LogP contribution in [0.3, 0.4) is 0 Å². The lowest BCUT2D eigenvalue weighted by Crippen LogP contribution is -1.98. The molecule has 8 heavy (non-hydrogen) atoms. The van der Waals surface area contributed by atoms with Crippen LogP contribution < -0.4 is 0 Å². The van der Waals surface area contributed by atoms with Crippen LogP contribution in [0.25, 0.3) is 0 Å². The molecule has 0 aromatic heterocycles. The zero-order valence-electron chi connectivity index (χ0n) is 5.44. The molecule has 2 nitrogen and oxygen atoms in total. The maximum atomic E-state index is 10.2. The highest BCUT2D eigenvalue weighted by atomic mass is 16.5. The molecular formula is C6H12O2. The van der Waals surface area contributed by atoms with Crippen molar-refractivity contribution >= 4 is 5.78 Å². The summed E-state index contributed by atoms with van der Waals surface area (Å²) in [6.07, 6.45) is 0.549. The first-order valence-corrected chi connectivity index (χ1v) is 2.84.